The van der Waals surface area contributed by atoms with E-state index in [1.54, 1.807) is 0 Å². The maximum atomic E-state index is 12.4. The molecule has 1 aliphatic rings. The molecule has 1 aliphatic heterocycles. The van der Waals surface area contributed by atoms with Gasteiger partial charge in [-0.2, -0.15) is 0 Å². The Morgan fingerprint density at radius 3 is 2.54 bits per heavy atom. The minimum absolute atomic E-state index is 0.00106. The van der Waals surface area contributed by atoms with Crippen molar-refractivity contribution in [2.24, 2.45) is 0 Å². The van der Waals surface area contributed by atoms with Gasteiger partial charge in [0.05, 0.1) is 51.6 Å². The fraction of sp³-hybridized carbons (Fsp3) is 0.286. The lowest BCUT2D eigenvalue weighted by Crippen LogP contribution is -2.31. The molecule has 130 valence electrons. The van der Waals surface area contributed by atoms with Gasteiger partial charge in [0, 0.05) is 6.54 Å². The third-order valence-electron chi connectivity index (χ3n) is 3.32. The van der Waals surface area contributed by atoms with Crippen LogP contribution in [0.5, 0.6) is 0 Å². The van der Waals surface area contributed by atoms with E-state index in [1.807, 2.05) is 0 Å². The van der Waals surface area contributed by atoms with Gasteiger partial charge in [0.1, 0.15) is 5.70 Å². The van der Waals surface area contributed by atoms with Crippen molar-refractivity contribution >= 4 is 64.0 Å². The highest BCUT2D eigenvalue weighted by Gasteiger charge is 2.35. The molecule has 24 heavy (non-hydrogen) atoms. The van der Waals surface area contributed by atoms with Crippen LogP contribution in [0.1, 0.15) is 0 Å². The summed E-state index contributed by atoms with van der Waals surface area (Å²) in [5, 5.41) is 12.1. The van der Waals surface area contributed by atoms with Crippen LogP contribution in [0, 0.1) is 0 Å². The molecule has 10 heteroatoms. The Morgan fingerprint density at radius 2 is 1.96 bits per heavy atom. The summed E-state index contributed by atoms with van der Waals surface area (Å²) in [6.45, 7) is -0.172. The second-order valence-electron chi connectivity index (χ2n) is 4.77. The van der Waals surface area contributed by atoms with Crippen molar-refractivity contribution in [2.45, 2.75) is 0 Å². The Labute approximate surface area is 157 Å². The summed E-state index contributed by atoms with van der Waals surface area (Å²) in [6, 6.07) is 1.39. The summed E-state index contributed by atoms with van der Waals surface area (Å²) in [5.41, 5.74) is 0.299. The normalized spacial score (nSPS) is 14.4. The molecule has 0 saturated carbocycles. The largest absolute Gasteiger partial charge is 0.466 e. The van der Waals surface area contributed by atoms with E-state index in [-0.39, 0.29) is 56.7 Å². The number of hydrogen-bond acceptors (Lipinski definition) is 5. The lowest BCUT2D eigenvalue weighted by molar-refractivity contribution is -0.136. The fourth-order valence-corrected chi connectivity index (χ4v) is 3.00. The number of methoxy groups -OCH3 is 1. The van der Waals surface area contributed by atoms with Crippen molar-refractivity contribution in [2.75, 3.05) is 32.1 Å². The molecule has 0 spiro atoms. The zero-order valence-electron chi connectivity index (χ0n) is 12.3. The molecule has 1 amide bonds. The molecular formula is C14H12Cl4N2O4. The Balaban J connectivity index is 2.45. The summed E-state index contributed by atoms with van der Waals surface area (Å²) in [4.78, 5) is 25.6. The number of amides is 1. The molecule has 0 saturated heterocycles. The van der Waals surface area contributed by atoms with Gasteiger partial charge in [0.15, 0.2) is 0 Å². The highest BCUT2D eigenvalue weighted by Crippen LogP contribution is 2.41. The lowest BCUT2D eigenvalue weighted by Gasteiger charge is -2.16. The summed E-state index contributed by atoms with van der Waals surface area (Å²) in [6.07, 6.45) is 0. The Hall–Kier alpha value is -1.18. The standard InChI is InChI=1S/C14H12Cl4N2O4/c1-24-14(23)6-5-20(2-3-21)13(22)12(6)19-8-4-7(15)9(16)11(18)10(8)17/h4,19,21H,2-3,5H2,1H3. The topological polar surface area (TPSA) is 78.9 Å². The van der Waals surface area contributed by atoms with Crippen LogP contribution < -0.4 is 5.32 Å². The number of ether oxygens (including phenoxy) is 1. The first-order valence-electron chi connectivity index (χ1n) is 6.63. The predicted octanol–water partition coefficient (Wildman–Crippen LogP) is 2.97. The van der Waals surface area contributed by atoms with Crippen molar-refractivity contribution in [1.29, 1.82) is 0 Å². The average Bonchev–Trinajstić information content (AvgIpc) is 2.87. The van der Waals surface area contributed by atoms with Gasteiger partial charge in [-0.15, -0.1) is 0 Å². The molecule has 0 atom stereocenters. The molecule has 6 nitrogen and oxygen atoms in total. The molecule has 0 aliphatic carbocycles. The molecule has 2 rings (SSSR count). The maximum Gasteiger partial charge on any atom is 0.337 e. The smallest absolute Gasteiger partial charge is 0.337 e. The molecule has 0 fully saturated rings. The van der Waals surface area contributed by atoms with Gasteiger partial charge >= 0.3 is 5.97 Å². The van der Waals surface area contributed by atoms with E-state index in [2.05, 4.69) is 10.1 Å². The number of carbonyl (C=O) groups excluding carboxylic acids is 2. The number of anilines is 1. The first-order valence-corrected chi connectivity index (χ1v) is 8.14. The van der Waals surface area contributed by atoms with Gasteiger partial charge in [0.25, 0.3) is 5.91 Å². The van der Waals surface area contributed by atoms with Crippen LogP contribution in [0.15, 0.2) is 17.3 Å². The van der Waals surface area contributed by atoms with E-state index in [4.69, 9.17) is 51.5 Å². The summed E-state index contributed by atoms with van der Waals surface area (Å²) >= 11 is 24.0. The number of aliphatic hydroxyl groups excluding tert-OH is 1. The number of nitrogens with zero attached hydrogens (tertiary/aromatic N) is 1. The number of halogens is 4. The molecule has 0 aromatic heterocycles. The second-order valence-corrected chi connectivity index (χ2v) is 6.31. The number of nitrogens with one attached hydrogen (secondary N) is 1. The van der Waals surface area contributed by atoms with Crippen molar-refractivity contribution in [1.82, 2.24) is 4.90 Å². The molecule has 1 heterocycles. The van der Waals surface area contributed by atoms with Crippen LogP contribution in [-0.2, 0) is 14.3 Å². The first kappa shape index (κ1) is 19.1. The van der Waals surface area contributed by atoms with Gasteiger partial charge in [-0.1, -0.05) is 46.4 Å². The molecular weight excluding hydrogens is 402 g/mol. The Bertz CT molecular complexity index is 736. The third-order valence-corrected chi connectivity index (χ3v) is 5.07. The SMILES string of the molecule is COC(=O)C1=C(Nc2cc(Cl)c(Cl)c(Cl)c2Cl)C(=O)N(CCO)C1. The first-order chi connectivity index (χ1) is 11.3. The van der Waals surface area contributed by atoms with Gasteiger partial charge < -0.3 is 20.1 Å². The quantitative estimate of drug-likeness (QED) is 0.440. The van der Waals surface area contributed by atoms with Crippen molar-refractivity contribution in [3.63, 3.8) is 0 Å². The van der Waals surface area contributed by atoms with E-state index in [0.29, 0.717) is 0 Å². The number of benzene rings is 1. The van der Waals surface area contributed by atoms with Crippen LogP contribution in [-0.4, -0.2) is 48.7 Å². The molecule has 1 aromatic rings. The van der Waals surface area contributed by atoms with Crippen LogP contribution in [0.4, 0.5) is 5.69 Å². The van der Waals surface area contributed by atoms with Crippen LogP contribution in [0.3, 0.4) is 0 Å². The molecule has 2 N–H and O–H groups in total. The monoisotopic (exact) mass is 412 g/mol. The maximum absolute atomic E-state index is 12.4. The van der Waals surface area contributed by atoms with E-state index in [1.165, 1.54) is 18.1 Å². The third kappa shape index (κ3) is 3.58. The van der Waals surface area contributed by atoms with E-state index in [9.17, 15) is 9.59 Å². The number of carbonyl (C=O) groups is 2. The molecule has 0 bridgehead atoms. The van der Waals surface area contributed by atoms with E-state index < -0.39 is 11.9 Å². The lowest BCUT2D eigenvalue weighted by atomic mass is 10.2. The molecule has 1 aromatic carbocycles. The van der Waals surface area contributed by atoms with Crippen LogP contribution >= 0.6 is 46.4 Å². The van der Waals surface area contributed by atoms with Gasteiger partial charge in [-0.3, -0.25) is 4.79 Å². The molecule has 0 radical (unpaired) electrons. The Kier molecular flexibility index (Phi) is 6.22. The summed E-state index contributed by atoms with van der Waals surface area (Å²) in [7, 11) is 1.20. The second kappa shape index (κ2) is 7.80. The molecule has 0 unspecified atom stereocenters. The van der Waals surface area contributed by atoms with Crippen molar-refractivity contribution in [3.05, 3.63) is 37.4 Å². The number of esters is 1. The number of aliphatic hydroxyl groups is 1. The number of rotatable bonds is 5. The summed E-state index contributed by atoms with van der Waals surface area (Å²) in [5.74, 6) is -1.16. The summed E-state index contributed by atoms with van der Waals surface area (Å²) < 4.78 is 4.69. The van der Waals surface area contributed by atoms with Crippen molar-refractivity contribution in [3.8, 4) is 0 Å². The predicted molar refractivity (Wildman–Crippen MR) is 92.8 cm³/mol. The van der Waals surface area contributed by atoms with E-state index in [0.717, 1.165) is 0 Å². The Morgan fingerprint density at radius 1 is 1.29 bits per heavy atom. The minimum atomic E-state index is -0.673. The fourth-order valence-electron chi connectivity index (χ4n) is 2.15. The van der Waals surface area contributed by atoms with Crippen LogP contribution in [0.25, 0.3) is 0 Å². The van der Waals surface area contributed by atoms with Gasteiger partial charge in [-0.25, -0.2) is 4.79 Å². The average molecular weight is 414 g/mol. The van der Waals surface area contributed by atoms with Gasteiger partial charge in [-0.05, 0) is 6.07 Å². The van der Waals surface area contributed by atoms with Crippen LogP contribution in [0.2, 0.25) is 20.1 Å². The minimum Gasteiger partial charge on any atom is -0.466 e. The number of β-amino-alcohol motifs (C(OH)–C–C–N with tert-alkyl or cyclic N) is 1. The highest BCUT2D eigenvalue weighted by molar-refractivity contribution is 6.52. The van der Waals surface area contributed by atoms with E-state index >= 15 is 0 Å². The zero-order chi connectivity index (χ0) is 18.0. The number of hydrogen-bond donors (Lipinski definition) is 2. The zero-order valence-corrected chi connectivity index (χ0v) is 15.4. The van der Waals surface area contributed by atoms with Crippen molar-refractivity contribution < 1.29 is 19.4 Å². The van der Waals surface area contributed by atoms with Gasteiger partial charge in [0.2, 0.25) is 0 Å². The highest BCUT2D eigenvalue weighted by atomic mass is 35.5.